The molecule has 0 amide bonds. The van der Waals surface area contributed by atoms with E-state index in [0.29, 0.717) is 0 Å². The summed E-state index contributed by atoms with van der Waals surface area (Å²) < 4.78 is 10.7. The van der Waals surface area contributed by atoms with Gasteiger partial charge in [0, 0.05) is 6.04 Å². The Hall–Kier alpha value is -1.22. The van der Waals surface area contributed by atoms with Crippen molar-refractivity contribution in [2.45, 2.75) is 32.7 Å². The molecule has 0 fully saturated rings. The summed E-state index contributed by atoms with van der Waals surface area (Å²) in [4.78, 5) is 0. The zero-order valence-corrected chi connectivity index (χ0v) is 10.5. The minimum atomic E-state index is 0.117. The molecule has 1 atom stereocenters. The summed E-state index contributed by atoms with van der Waals surface area (Å²) in [7, 11) is 3.38. The zero-order valence-electron chi connectivity index (χ0n) is 10.5. The fourth-order valence-corrected chi connectivity index (χ4v) is 1.81. The number of aryl methyl sites for hydroxylation is 1. The SMILES string of the molecule is CCc1cc(OC)c(C[C@H](C)N)cc1OC. The van der Waals surface area contributed by atoms with E-state index in [1.165, 1.54) is 0 Å². The molecule has 2 N–H and O–H groups in total. The summed E-state index contributed by atoms with van der Waals surface area (Å²) >= 11 is 0. The maximum Gasteiger partial charge on any atom is 0.122 e. The van der Waals surface area contributed by atoms with E-state index in [2.05, 4.69) is 6.92 Å². The van der Waals surface area contributed by atoms with Crippen LogP contribution in [-0.2, 0) is 12.8 Å². The number of rotatable bonds is 5. The molecule has 0 aliphatic rings. The van der Waals surface area contributed by atoms with Crippen molar-refractivity contribution in [1.29, 1.82) is 0 Å². The average molecular weight is 223 g/mol. The van der Waals surface area contributed by atoms with E-state index < -0.39 is 0 Å². The first-order chi connectivity index (χ1) is 7.62. The van der Waals surface area contributed by atoms with Gasteiger partial charge in [0.1, 0.15) is 11.5 Å². The molecule has 1 rings (SSSR count). The Labute approximate surface area is 97.6 Å². The molecule has 1 aromatic rings. The number of hydrogen-bond acceptors (Lipinski definition) is 3. The second-order valence-corrected chi connectivity index (χ2v) is 4.01. The van der Waals surface area contributed by atoms with E-state index in [1.807, 2.05) is 19.1 Å². The van der Waals surface area contributed by atoms with Gasteiger partial charge in [0.25, 0.3) is 0 Å². The lowest BCUT2D eigenvalue weighted by molar-refractivity contribution is 0.394. The predicted octanol–water partition coefficient (Wildman–Crippen LogP) is 2.16. The summed E-state index contributed by atoms with van der Waals surface area (Å²) in [6.45, 7) is 4.09. The first-order valence-corrected chi connectivity index (χ1v) is 5.61. The summed E-state index contributed by atoms with van der Waals surface area (Å²) in [6.07, 6.45) is 1.72. The van der Waals surface area contributed by atoms with Crippen LogP contribution in [0, 0.1) is 0 Å². The summed E-state index contributed by atoms with van der Waals surface area (Å²) in [5.41, 5.74) is 8.08. The first kappa shape index (κ1) is 12.8. The quantitative estimate of drug-likeness (QED) is 0.832. The van der Waals surface area contributed by atoms with Crippen molar-refractivity contribution in [3.8, 4) is 11.5 Å². The molecule has 3 nitrogen and oxygen atoms in total. The first-order valence-electron chi connectivity index (χ1n) is 5.61. The number of methoxy groups -OCH3 is 2. The van der Waals surface area contributed by atoms with Gasteiger partial charge in [-0.15, -0.1) is 0 Å². The van der Waals surface area contributed by atoms with Crippen molar-refractivity contribution >= 4 is 0 Å². The monoisotopic (exact) mass is 223 g/mol. The van der Waals surface area contributed by atoms with Crippen molar-refractivity contribution in [2.24, 2.45) is 5.73 Å². The van der Waals surface area contributed by atoms with Gasteiger partial charge in [-0.3, -0.25) is 0 Å². The molecule has 0 radical (unpaired) electrons. The van der Waals surface area contributed by atoms with Crippen LogP contribution in [0.2, 0.25) is 0 Å². The van der Waals surface area contributed by atoms with Crippen molar-refractivity contribution in [2.75, 3.05) is 14.2 Å². The topological polar surface area (TPSA) is 44.5 Å². The van der Waals surface area contributed by atoms with Crippen molar-refractivity contribution < 1.29 is 9.47 Å². The van der Waals surface area contributed by atoms with Gasteiger partial charge in [0.15, 0.2) is 0 Å². The molecule has 0 aliphatic heterocycles. The normalized spacial score (nSPS) is 12.3. The predicted molar refractivity (Wildman–Crippen MR) is 66.3 cm³/mol. The van der Waals surface area contributed by atoms with Gasteiger partial charge < -0.3 is 15.2 Å². The van der Waals surface area contributed by atoms with E-state index in [9.17, 15) is 0 Å². The number of nitrogens with two attached hydrogens (primary N) is 1. The van der Waals surface area contributed by atoms with Gasteiger partial charge in [-0.05, 0) is 43.0 Å². The van der Waals surface area contributed by atoms with Crippen LogP contribution in [0.4, 0.5) is 0 Å². The van der Waals surface area contributed by atoms with Crippen LogP contribution in [0.5, 0.6) is 11.5 Å². The Balaban J connectivity index is 3.15. The van der Waals surface area contributed by atoms with E-state index in [1.54, 1.807) is 14.2 Å². The molecule has 0 saturated heterocycles. The number of hydrogen-bond donors (Lipinski definition) is 1. The molecule has 90 valence electrons. The lowest BCUT2D eigenvalue weighted by Gasteiger charge is -2.15. The fourth-order valence-electron chi connectivity index (χ4n) is 1.81. The molecular formula is C13H21NO2. The van der Waals surface area contributed by atoms with Gasteiger partial charge in [-0.2, -0.15) is 0 Å². The van der Waals surface area contributed by atoms with E-state index in [-0.39, 0.29) is 6.04 Å². The molecule has 0 spiro atoms. The van der Waals surface area contributed by atoms with Gasteiger partial charge in [-0.1, -0.05) is 6.92 Å². The Morgan fingerprint density at radius 2 is 1.62 bits per heavy atom. The van der Waals surface area contributed by atoms with E-state index in [0.717, 1.165) is 35.5 Å². The lowest BCUT2D eigenvalue weighted by Crippen LogP contribution is -2.18. The van der Waals surface area contributed by atoms with Crippen LogP contribution in [0.1, 0.15) is 25.0 Å². The van der Waals surface area contributed by atoms with Crippen molar-refractivity contribution in [3.63, 3.8) is 0 Å². The molecule has 1 aromatic carbocycles. The van der Waals surface area contributed by atoms with Crippen molar-refractivity contribution in [1.82, 2.24) is 0 Å². The molecule has 0 saturated carbocycles. The number of benzene rings is 1. The highest BCUT2D eigenvalue weighted by Crippen LogP contribution is 2.29. The minimum Gasteiger partial charge on any atom is -0.496 e. The average Bonchev–Trinajstić information content (AvgIpc) is 2.27. The molecule has 0 aliphatic carbocycles. The van der Waals surface area contributed by atoms with Gasteiger partial charge in [0.2, 0.25) is 0 Å². The molecule has 0 unspecified atom stereocenters. The Morgan fingerprint density at radius 3 is 2.06 bits per heavy atom. The standard InChI is InChI=1S/C13H21NO2/c1-5-10-7-13(16-4)11(6-9(2)14)8-12(10)15-3/h7-9H,5-6,14H2,1-4H3/t9-/m0/s1. The lowest BCUT2D eigenvalue weighted by atomic mass is 10.0. The number of ether oxygens (including phenoxy) is 2. The molecule has 0 aromatic heterocycles. The van der Waals surface area contributed by atoms with Crippen LogP contribution in [0.15, 0.2) is 12.1 Å². The van der Waals surface area contributed by atoms with Crippen molar-refractivity contribution in [3.05, 3.63) is 23.3 Å². The van der Waals surface area contributed by atoms with Crippen LogP contribution in [0.3, 0.4) is 0 Å². The van der Waals surface area contributed by atoms with E-state index in [4.69, 9.17) is 15.2 Å². The Kier molecular flexibility index (Phi) is 4.62. The van der Waals surface area contributed by atoms with Crippen LogP contribution in [0.25, 0.3) is 0 Å². The van der Waals surface area contributed by atoms with E-state index >= 15 is 0 Å². The molecular weight excluding hydrogens is 202 g/mol. The maximum atomic E-state index is 5.81. The molecule has 0 heterocycles. The smallest absolute Gasteiger partial charge is 0.122 e. The Morgan fingerprint density at radius 1 is 1.12 bits per heavy atom. The Bertz CT molecular complexity index is 348. The summed E-state index contributed by atoms with van der Waals surface area (Å²) in [5, 5.41) is 0. The van der Waals surface area contributed by atoms with Gasteiger partial charge >= 0.3 is 0 Å². The molecule has 0 bridgehead atoms. The van der Waals surface area contributed by atoms with Gasteiger partial charge in [-0.25, -0.2) is 0 Å². The third kappa shape index (κ3) is 2.89. The maximum absolute atomic E-state index is 5.81. The summed E-state index contributed by atoms with van der Waals surface area (Å²) in [5.74, 6) is 1.81. The highest BCUT2D eigenvalue weighted by Gasteiger charge is 2.11. The second-order valence-electron chi connectivity index (χ2n) is 4.01. The molecule has 16 heavy (non-hydrogen) atoms. The zero-order chi connectivity index (χ0) is 12.1. The van der Waals surface area contributed by atoms with Crippen LogP contribution >= 0.6 is 0 Å². The highest BCUT2D eigenvalue weighted by atomic mass is 16.5. The van der Waals surface area contributed by atoms with Crippen LogP contribution < -0.4 is 15.2 Å². The van der Waals surface area contributed by atoms with Gasteiger partial charge in [0.05, 0.1) is 14.2 Å². The fraction of sp³-hybridized carbons (Fsp3) is 0.538. The molecule has 3 heteroatoms. The summed E-state index contributed by atoms with van der Waals surface area (Å²) in [6, 6.07) is 4.18. The third-order valence-electron chi connectivity index (χ3n) is 2.61. The third-order valence-corrected chi connectivity index (χ3v) is 2.61. The van der Waals surface area contributed by atoms with Crippen LogP contribution in [-0.4, -0.2) is 20.3 Å². The highest BCUT2D eigenvalue weighted by molar-refractivity contribution is 5.46. The largest absolute Gasteiger partial charge is 0.496 e. The second kappa shape index (κ2) is 5.75. The minimum absolute atomic E-state index is 0.117.